The van der Waals surface area contributed by atoms with Crippen molar-refractivity contribution in [3.8, 4) is 11.1 Å². The summed E-state index contributed by atoms with van der Waals surface area (Å²) in [6.07, 6.45) is 5.60. The van der Waals surface area contributed by atoms with Crippen molar-refractivity contribution in [3.05, 3.63) is 89.6 Å². The largest absolute Gasteiger partial charge is 0.444 e. The van der Waals surface area contributed by atoms with E-state index in [1.807, 2.05) is 60.3 Å². The molecule has 11 heteroatoms. The highest BCUT2D eigenvalue weighted by atomic mass is 16.6. The number of benzene rings is 2. The lowest BCUT2D eigenvalue weighted by atomic mass is 9.83. The minimum atomic E-state index is -1.43. The van der Waals surface area contributed by atoms with Gasteiger partial charge in [-0.05, 0) is 79.8 Å². The molecule has 2 amide bonds. The number of aromatic nitrogens is 4. The van der Waals surface area contributed by atoms with E-state index in [0.29, 0.717) is 25.5 Å². The molecule has 11 nitrogen and oxygen atoms in total. The van der Waals surface area contributed by atoms with Crippen LogP contribution in [0.15, 0.2) is 67.0 Å². The predicted octanol–water partition coefficient (Wildman–Crippen LogP) is 6.13. The van der Waals surface area contributed by atoms with Gasteiger partial charge in [-0.15, -0.1) is 0 Å². The Balaban J connectivity index is 1.27. The molecule has 3 aliphatic heterocycles. The van der Waals surface area contributed by atoms with Gasteiger partial charge in [0.05, 0.1) is 23.1 Å². The lowest BCUT2D eigenvalue weighted by Crippen LogP contribution is -2.61. The van der Waals surface area contributed by atoms with Crippen molar-refractivity contribution in [1.82, 2.24) is 24.6 Å². The maximum absolute atomic E-state index is 13.8. The van der Waals surface area contributed by atoms with Crippen LogP contribution in [0.2, 0.25) is 0 Å². The number of rotatable bonds is 6. The fourth-order valence-corrected chi connectivity index (χ4v) is 7.27. The summed E-state index contributed by atoms with van der Waals surface area (Å²) in [6.45, 7) is 3.83. The molecule has 0 bridgehead atoms. The number of likely N-dealkylation sites (tertiary alicyclic amines) is 1. The number of fused-ring (bicyclic) bond motifs is 2. The van der Waals surface area contributed by atoms with Crippen LogP contribution < -0.4 is 0 Å². The number of hydrogen-bond acceptors (Lipinski definition) is 9. The maximum Gasteiger partial charge on any atom is 0.419 e. The molecule has 0 radical (unpaired) electrons. The van der Waals surface area contributed by atoms with Gasteiger partial charge in [-0.2, -0.15) is 5.10 Å². The van der Waals surface area contributed by atoms with Crippen LogP contribution in [-0.4, -0.2) is 67.8 Å². The van der Waals surface area contributed by atoms with E-state index in [1.54, 1.807) is 6.20 Å². The summed E-state index contributed by atoms with van der Waals surface area (Å²) >= 11 is 0. The first-order valence-electron chi connectivity index (χ1n) is 16.7. The highest BCUT2D eigenvalue weighted by Gasteiger charge is 2.53. The number of carbonyl (C=O) groups is 2. The molecule has 48 heavy (non-hydrogen) atoms. The molecule has 3 aromatic heterocycles. The fraction of sp³-hybridized carbons (Fsp3) is 0.378. The number of ether oxygens (including phenoxy) is 3. The average molecular weight is 648 g/mol. The van der Waals surface area contributed by atoms with E-state index in [9.17, 15) is 14.7 Å². The van der Waals surface area contributed by atoms with Gasteiger partial charge in [-0.1, -0.05) is 30.3 Å². The SMILES string of the molecule is Cc1cc(-c2c(C3CCOCC3)nc(C3C(=O)N(C(=O)OCc4ccccc4)C3O)c3cc4c(cnn4C4CCCCO4)cc23)ccn1. The van der Waals surface area contributed by atoms with Crippen LogP contribution >= 0.6 is 0 Å². The quantitative estimate of drug-likeness (QED) is 0.217. The summed E-state index contributed by atoms with van der Waals surface area (Å²) in [7, 11) is 0. The van der Waals surface area contributed by atoms with Crippen molar-refractivity contribution in [2.75, 3.05) is 19.8 Å². The van der Waals surface area contributed by atoms with Gasteiger partial charge in [-0.3, -0.25) is 14.8 Å². The van der Waals surface area contributed by atoms with Crippen molar-refractivity contribution < 1.29 is 28.9 Å². The smallest absolute Gasteiger partial charge is 0.419 e. The van der Waals surface area contributed by atoms with Gasteiger partial charge >= 0.3 is 6.09 Å². The normalized spacial score (nSPS) is 21.8. The molecule has 3 saturated heterocycles. The Morgan fingerprint density at radius 1 is 1.00 bits per heavy atom. The molecule has 246 valence electrons. The van der Waals surface area contributed by atoms with Gasteiger partial charge in [-0.25, -0.2) is 14.4 Å². The van der Waals surface area contributed by atoms with Crippen LogP contribution in [0.1, 0.15) is 72.8 Å². The van der Waals surface area contributed by atoms with Crippen LogP contribution in [0.4, 0.5) is 4.79 Å². The van der Waals surface area contributed by atoms with E-state index in [1.165, 1.54) is 0 Å². The highest BCUT2D eigenvalue weighted by molar-refractivity contribution is 6.09. The number of carbonyl (C=O) groups excluding carboxylic acids is 2. The van der Waals surface area contributed by atoms with Crippen LogP contribution in [0, 0.1) is 6.92 Å². The van der Waals surface area contributed by atoms with Crippen molar-refractivity contribution >= 4 is 33.7 Å². The summed E-state index contributed by atoms with van der Waals surface area (Å²) in [5, 5.41) is 18.8. The lowest BCUT2D eigenvalue weighted by molar-refractivity contribution is -0.165. The number of aryl methyl sites for hydroxylation is 1. The molecule has 2 aromatic carbocycles. The van der Waals surface area contributed by atoms with Crippen molar-refractivity contribution in [3.63, 3.8) is 0 Å². The second-order valence-corrected chi connectivity index (χ2v) is 12.8. The molecule has 1 N–H and O–H groups in total. The van der Waals surface area contributed by atoms with Crippen LogP contribution in [0.5, 0.6) is 0 Å². The minimum Gasteiger partial charge on any atom is -0.444 e. The van der Waals surface area contributed by atoms with Gasteiger partial charge in [0.2, 0.25) is 5.91 Å². The van der Waals surface area contributed by atoms with Gasteiger partial charge < -0.3 is 19.3 Å². The third-order valence-corrected chi connectivity index (χ3v) is 9.76. The van der Waals surface area contributed by atoms with Crippen LogP contribution in [-0.2, 0) is 25.6 Å². The van der Waals surface area contributed by atoms with Gasteiger partial charge in [0.1, 0.15) is 12.5 Å². The number of aliphatic hydroxyl groups excluding tert-OH is 1. The Hall–Kier alpha value is -4.71. The number of nitrogens with zero attached hydrogens (tertiary/aromatic N) is 5. The molecular formula is C37H37N5O6. The van der Waals surface area contributed by atoms with E-state index in [4.69, 9.17) is 24.3 Å². The van der Waals surface area contributed by atoms with Crippen molar-refractivity contribution in [2.24, 2.45) is 0 Å². The number of hydrogen-bond donors (Lipinski definition) is 1. The topological polar surface area (TPSA) is 129 Å². The molecular weight excluding hydrogens is 610 g/mol. The zero-order valence-corrected chi connectivity index (χ0v) is 26.7. The second-order valence-electron chi connectivity index (χ2n) is 12.8. The molecule has 5 aromatic rings. The van der Waals surface area contributed by atoms with Gasteiger partial charge in [0.15, 0.2) is 12.5 Å². The summed E-state index contributed by atoms with van der Waals surface area (Å²) < 4.78 is 19.2. The molecule has 3 unspecified atom stereocenters. The van der Waals surface area contributed by atoms with Crippen LogP contribution in [0.3, 0.4) is 0 Å². The Kier molecular flexibility index (Phi) is 8.11. The average Bonchev–Trinajstić information content (AvgIpc) is 3.54. The third kappa shape index (κ3) is 5.41. The fourth-order valence-electron chi connectivity index (χ4n) is 7.27. The maximum atomic E-state index is 13.8. The number of aliphatic hydroxyl groups is 1. The number of amides is 2. The van der Waals surface area contributed by atoms with E-state index in [0.717, 1.165) is 86.8 Å². The Labute approximate surface area is 277 Å². The highest BCUT2D eigenvalue weighted by Crippen LogP contribution is 2.45. The first-order chi connectivity index (χ1) is 23.5. The van der Waals surface area contributed by atoms with E-state index < -0.39 is 24.1 Å². The number of imide groups is 1. The summed E-state index contributed by atoms with van der Waals surface area (Å²) in [5.41, 5.74) is 5.73. The van der Waals surface area contributed by atoms with Crippen molar-refractivity contribution in [1.29, 1.82) is 0 Å². The van der Waals surface area contributed by atoms with E-state index in [-0.39, 0.29) is 18.8 Å². The molecule has 0 saturated carbocycles. The first-order valence-corrected chi connectivity index (χ1v) is 16.7. The van der Waals surface area contributed by atoms with Gasteiger partial charge in [0, 0.05) is 54.0 Å². The Bertz CT molecular complexity index is 2000. The monoisotopic (exact) mass is 647 g/mol. The van der Waals surface area contributed by atoms with Crippen LogP contribution in [0.25, 0.3) is 32.8 Å². The molecule has 3 aliphatic rings. The van der Waals surface area contributed by atoms with E-state index >= 15 is 0 Å². The molecule has 8 rings (SSSR count). The third-order valence-electron chi connectivity index (χ3n) is 9.76. The molecule has 3 fully saturated rings. The predicted molar refractivity (Wildman–Crippen MR) is 177 cm³/mol. The first kappa shape index (κ1) is 30.6. The molecule has 0 aliphatic carbocycles. The number of β-lactam (4-membered cyclic amide) rings is 1. The lowest BCUT2D eigenvalue weighted by Gasteiger charge is -2.41. The summed E-state index contributed by atoms with van der Waals surface area (Å²) in [6, 6.07) is 17.4. The van der Waals surface area contributed by atoms with E-state index in [2.05, 4.69) is 17.1 Å². The zero-order chi connectivity index (χ0) is 32.8. The Morgan fingerprint density at radius 2 is 1.83 bits per heavy atom. The number of pyridine rings is 2. The zero-order valence-electron chi connectivity index (χ0n) is 26.7. The Morgan fingerprint density at radius 3 is 2.58 bits per heavy atom. The molecule has 0 spiro atoms. The summed E-state index contributed by atoms with van der Waals surface area (Å²) in [4.78, 5) is 37.4. The molecule has 6 heterocycles. The second kappa shape index (κ2) is 12.7. The molecule has 3 atom stereocenters. The summed E-state index contributed by atoms with van der Waals surface area (Å²) in [5.74, 6) is -1.54. The standard InChI is InChI=1S/C37H37N5O6/c1-22-17-25(10-13-38-22)31-27-18-26-20-39-42(30-9-5-6-14-47-30)29(26)19-28(27)34(40-33(31)24-11-15-46-16-12-24)32-35(43)41(36(32)44)37(45)48-21-23-7-3-2-4-8-23/h2-4,7-8,10,13,17-20,24,30,32,35,43H,5-6,9,11-12,14-16,21H2,1H3. The van der Waals surface area contributed by atoms with Crippen molar-refractivity contribution in [2.45, 2.75) is 69.9 Å². The minimum absolute atomic E-state index is 0.0127. The van der Waals surface area contributed by atoms with Gasteiger partial charge in [0.25, 0.3) is 0 Å².